The number of allylic oxidation sites excluding steroid dienone is 1. The summed E-state index contributed by atoms with van der Waals surface area (Å²) in [6.45, 7) is 3.87. The molecule has 1 saturated carbocycles. The maximum absolute atomic E-state index is 13.1. The third-order valence-electron chi connectivity index (χ3n) is 7.03. The molecule has 0 saturated heterocycles. The Balaban J connectivity index is 1.92. The summed E-state index contributed by atoms with van der Waals surface area (Å²) in [7, 11) is 0. The molecule has 1 unspecified atom stereocenters. The van der Waals surface area contributed by atoms with Gasteiger partial charge in [-0.25, -0.2) is 0 Å². The van der Waals surface area contributed by atoms with E-state index in [1.165, 1.54) is 30.4 Å². The predicted molar refractivity (Wildman–Crippen MR) is 104 cm³/mol. The van der Waals surface area contributed by atoms with Crippen LogP contribution in [0.2, 0.25) is 23.6 Å². The van der Waals surface area contributed by atoms with E-state index in [2.05, 4.69) is 63.8 Å². The average molecular weight is 378 g/mol. The van der Waals surface area contributed by atoms with Crippen molar-refractivity contribution in [2.75, 3.05) is 0 Å². The van der Waals surface area contributed by atoms with Gasteiger partial charge in [0.25, 0.3) is 0 Å². The van der Waals surface area contributed by atoms with E-state index in [0.717, 1.165) is 12.8 Å². The SMILES string of the molecule is C[SiH](C)[Ti]([CH3])([CH3])([NH]C(=O)C1CCCCC1)[CH]1C=Cc2ccccc21. The Labute approximate surface area is 149 Å². The summed E-state index contributed by atoms with van der Waals surface area (Å²) in [6.07, 6.45) is 10.6. The Bertz CT molecular complexity index is 661. The van der Waals surface area contributed by atoms with Gasteiger partial charge in [-0.3, -0.25) is 0 Å². The number of hydrogen-bond donors (Lipinski definition) is 1. The third-order valence-corrected chi connectivity index (χ3v) is 34.7. The topological polar surface area (TPSA) is 29.1 Å². The van der Waals surface area contributed by atoms with Crippen molar-refractivity contribution in [2.24, 2.45) is 5.92 Å². The predicted octanol–water partition coefficient (Wildman–Crippen LogP) is 5.14. The van der Waals surface area contributed by atoms with Crippen molar-refractivity contribution in [3.05, 3.63) is 41.5 Å². The summed E-state index contributed by atoms with van der Waals surface area (Å²) in [5.41, 5.74) is 2.80. The van der Waals surface area contributed by atoms with Gasteiger partial charge in [0.2, 0.25) is 0 Å². The van der Waals surface area contributed by atoms with E-state index in [4.69, 9.17) is 0 Å². The van der Waals surface area contributed by atoms with Crippen LogP contribution in [0.25, 0.3) is 6.08 Å². The second kappa shape index (κ2) is 6.59. The molecule has 4 heteroatoms. The first-order valence-electron chi connectivity index (χ1n) is 9.61. The van der Waals surface area contributed by atoms with E-state index < -0.39 is 21.5 Å². The first kappa shape index (κ1) is 18.2. The molecule has 0 bridgehead atoms. The van der Waals surface area contributed by atoms with Crippen LogP contribution in [0.4, 0.5) is 0 Å². The summed E-state index contributed by atoms with van der Waals surface area (Å²) in [5.74, 6) is 0.630. The zero-order valence-corrected chi connectivity index (χ0v) is 18.4. The molecular formula is C20H32NOSiTi. The monoisotopic (exact) mass is 378 g/mol. The zero-order valence-electron chi connectivity index (χ0n) is 15.6. The molecule has 0 radical (unpaired) electrons. The van der Waals surface area contributed by atoms with Gasteiger partial charge >= 0.3 is 149 Å². The molecule has 2 nitrogen and oxygen atoms in total. The summed E-state index contributed by atoms with van der Waals surface area (Å²) >= 11 is -3.16. The van der Waals surface area contributed by atoms with Crippen LogP contribution in [0.1, 0.15) is 47.5 Å². The van der Waals surface area contributed by atoms with Gasteiger partial charge in [-0.05, 0) is 0 Å². The van der Waals surface area contributed by atoms with E-state index >= 15 is 0 Å². The van der Waals surface area contributed by atoms with E-state index in [-0.39, 0.29) is 5.92 Å². The van der Waals surface area contributed by atoms with Crippen LogP contribution in [0, 0.1) is 5.92 Å². The molecule has 1 fully saturated rings. The molecule has 0 heterocycles. The normalized spacial score (nSPS) is 22.9. The maximum atomic E-state index is 13.1. The fourth-order valence-electron chi connectivity index (χ4n) is 4.46. The molecule has 1 amide bonds. The Morgan fingerprint density at radius 1 is 1.12 bits per heavy atom. The third kappa shape index (κ3) is 3.11. The first-order chi connectivity index (χ1) is 11.3. The fourth-order valence-corrected chi connectivity index (χ4v) is 16.7. The van der Waals surface area contributed by atoms with Gasteiger partial charge in [-0.1, -0.05) is 0 Å². The number of carbonyl (C=O) groups excluding carboxylic acids is 1. The second-order valence-electron chi connectivity index (χ2n) is 9.05. The Kier molecular flexibility index (Phi) is 4.98. The number of rotatable bonds is 4. The van der Waals surface area contributed by atoms with Crippen molar-refractivity contribution in [3.8, 4) is 0 Å². The molecule has 3 rings (SSSR count). The van der Waals surface area contributed by atoms with Crippen molar-refractivity contribution in [2.45, 2.75) is 59.9 Å². The molecular weight excluding hydrogens is 346 g/mol. The van der Waals surface area contributed by atoms with Crippen LogP contribution in [-0.4, -0.2) is 12.6 Å². The first-order valence-corrected chi connectivity index (χ1v) is 20.0. The van der Waals surface area contributed by atoms with Crippen LogP contribution >= 0.6 is 0 Å². The minimum atomic E-state index is -3.16. The van der Waals surface area contributed by atoms with Crippen molar-refractivity contribution < 1.29 is 19.6 Å². The fraction of sp³-hybridized carbons (Fsp3) is 0.550. The van der Waals surface area contributed by atoms with Gasteiger partial charge in [0.05, 0.1) is 0 Å². The summed E-state index contributed by atoms with van der Waals surface area (Å²) in [5, 5.41) is 4.98. The molecule has 24 heavy (non-hydrogen) atoms. The van der Waals surface area contributed by atoms with Crippen molar-refractivity contribution in [1.29, 1.82) is 0 Å². The van der Waals surface area contributed by atoms with Gasteiger partial charge in [0.1, 0.15) is 0 Å². The summed E-state index contributed by atoms with van der Waals surface area (Å²) in [4.78, 5) is 13.1. The van der Waals surface area contributed by atoms with Crippen molar-refractivity contribution in [1.82, 2.24) is 3.80 Å². The average Bonchev–Trinajstić information content (AvgIpc) is 3.00. The van der Waals surface area contributed by atoms with E-state index in [1.807, 2.05) is 0 Å². The van der Waals surface area contributed by atoms with Gasteiger partial charge in [-0.2, -0.15) is 0 Å². The van der Waals surface area contributed by atoms with Crippen molar-refractivity contribution in [3.63, 3.8) is 0 Å². The van der Waals surface area contributed by atoms with E-state index in [1.54, 1.807) is 0 Å². The van der Waals surface area contributed by atoms with E-state index in [0.29, 0.717) is 10.1 Å². The molecule has 1 atom stereocenters. The minimum absolute atomic E-state index is 0.259. The molecule has 1 N–H and O–H groups in total. The zero-order chi connectivity index (χ0) is 17.4. The van der Waals surface area contributed by atoms with Crippen LogP contribution in [0.3, 0.4) is 0 Å². The molecule has 1 aromatic rings. The van der Waals surface area contributed by atoms with Crippen molar-refractivity contribution >= 4 is 18.6 Å². The number of carbonyl (C=O) groups is 1. The summed E-state index contributed by atoms with van der Waals surface area (Å²) in [6, 6.07) is 8.76. The quantitative estimate of drug-likeness (QED) is 0.723. The van der Waals surface area contributed by atoms with E-state index in [9.17, 15) is 4.79 Å². The molecule has 0 aliphatic heterocycles. The molecule has 0 aromatic heterocycles. The Hall–Kier alpha value is -0.639. The van der Waals surface area contributed by atoms with Gasteiger partial charge in [0, 0.05) is 0 Å². The van der Waals surface area contributed by atoms with Crippen LogP contribution in [0.5, 0.6) is 0 Å². The number of fused-ring (bicyclic) bond motifs is 1. The number of benzene rings is 1. The molecule has 1 aromatic carbocycles. The van der Waals surface area contributed by atoms with Gasteiger partial charge < -0.3 is 0 Å². The van der Waals surface area contributed by atoms with Gasteiger partial charge in [0.15, 0.2) is 0 Å². The molecule has 0 spiro atoms. The molecule has 131 valence electrons. The Morgan fingerprint density at radius 3 is 2.46 bits per heavy atom. The number of nitrogens with one attached hydrogen (secondary N) is 1. The second-order valence-corrected chi connectivity index (χ2v) is 33.6. The number of hydrogen-bond acceptors (Lipinski definition) is 1. The molecule has 2 aliphatic rings. The number of amides is 1. The van der Waals surface area contributed by atoms with Crippen LogP contribution in [0.15, 0.2) is 30.3 Å². The standard InChI is InChI=1S/C9H7.C7H13NO.C2H7Si.2CH3.Ti/c1-2-5-9-7-3-6-8(9)4-1;8-7(9)6-4-2-1-3-5-6;1-3-2;;;/h1-7H;6H,1-5H2,(H2,8,9);3H,1-2H3;2*1H3;/q;;;;;+1/p-1. The molecule has 2 aliphatic carbocycles. The van der Waals surface area contributed by atoms with Gasteiger partial charge in [-0.15, -0.1) is 0 Å². The summed E-state index contributed by atoms with van der Waals surface area (Å²) < 4.78 is 4.24. The van der Waals surface area contributed by atoms with Crippen LogP contribution in [-0.2, 0) is 19.6 Å². The van der Waals surface area contributed by atoms with Crippen LogP contribution < -0.4 is 3.80 Å². The Morgan fingerprint density at radius 2 is 1.79 bits per heavy atom.